The lowest BCUT2D eigenvalue weighted by atomic mass is 10.2. The average molecular weight is 362 g/mol. The van der Waals surface area contributed by atoms with Crippen molar-refractivity contribution < 1.29 is 17.9 Å². The largest absolute Gasteiger partial charge is 0.494 e. The maximum atomic E-state index is 12.1. The average Bonchev–Trinajstić information content (AvgIpc) is 2.64. The Morgan fingerprint density at radius 2 is 1.80 bits per heavy atom. The van der Waals surface area contributed by atoms with E-state index in [2.05, 4.69) is 10.0 Å². The van der Waals surface area contributed by atoms with E-state index < -0.39 is 10.0 Å². The van der Waals surface area contributed by atoms with Crippen LogP contribution in [0.25, 0.3) is 0 Å². The SMILES string of the molecule is CCCOc1cccc(C(=O)NCCNS(=O)(=O)c2ccccc2)c1. The standard InChI is InChI=1S/C18H22N2O4S/c1-2-13-24-16-8-6-7-15(14-16)18(21)19-11-12-20-25(22,23)17-9-4-3-5-10-17/h3-10,14,20H,2,11-13H2,1H3,(H,19,21). The normalized spacial score (nSPS) is 11.1. The molecule has 0 heterocycles. The third kappa shape index (κ3) is 5.88. The first-order valence-electron chi connectivity index (χ1n) is 8.08. The highest BCUT2D eigenvalue weighted by atomic mass is 32.2. The molecule has 2 N–H and O–H groups in total. The lowest BCUT2D eigenvalue weighted by Gasteiger charge is -2.09. The molecule has 6 nitrogen and oxygen atoms in total. The van der Waals surface area contributed by atoms with Gasteiger partial charge in [0, 0.05) is 18.7 Å². The summed E-state index contributed by atoms with van der Waals surface area (Å²) in [6.07, 6.45) is 0.887. The molecule has 134 valence electrons. The summed E-state index contributed by atoms with van der Waals surface area (Å²) >= 11 is 0. The molecule has 0 atom stereocenters. The molecule has 0 bridgehead atoms. The van der Waals surface area contributed by atoms with Gasteiger partial charge in [0.15, 0.2) is 0 Å². The zero-order valence-electron chi connectivity index (χ0n) is 14.1. The van der Waals surface area contributed by atoms with Crippen LogP contribution in [-0.4, -0.2) is 34.0 Å². The number of ether oxygens (including phenoxy) is 1. The summed E-state index contributed by atoms with van der Waals surface area (Å²) in [7, 11) is -3.56. The summed E-state index contributed by atoms with van der Waals surface area (Å²) in [6, 6.07) is 15.0. The number of sulfonamides is 1. The van der Waals surface area contributed by atoms with Crippen molar-refractivity contribution in [1.82, 2.24) is 10.0 Å². The van der Waals surface area contributed by atoms with Crippen molar-refractivity contribution in [2.24, 2.45) is 0 Å². The van der Waals surface area contributed by atoms with Crippen LogP contribution < -0.4 is 14.8 Å². The molecule has 2 rings (SSSR count). The molecule has 0 saturated heterocycles. The van der Waals surface area contributed by atoms with Crippen LogP contribution in [0, 0.1) is 0 Å². The summed E-state index contributed by atoms with van der Waals surface area (Å²) in [5, 5.41) is 2.68. The highest BCUT2D eigenvalue weighted by Gasteiger charge is 2.12. The second-order valence-electron chi connectivity index (χ2n) is 5.34. The molecule has 0 radical (unpaired) electrons. The molecule has 1 amide bonds. The van der Waals surface area contributed by atoms with Crippen LogP contribution in [0.4, 0.5) is 0 Å². The van der Waals surface area contributed by atoms with Gasteiger partial charge >= 0.3 is 0 Å². The Labute approximate surface area is 148 Å². The monoisotopic (exact) mass is 362 g/mol. The van der Waals surface area contributed by atoms with E-state index in [1.54, 1.807) is 42.5 Å². The lowest BCUT2D eigenvalue weighted by molar-refractivity contribution is 0.0954. The summed E-state index contributed by atoms with van der Waals surface area (Å²) in [5.74, 6) is 0.361. The Hall–Kier alpha value is -2.38. The Balaban J connectivity index is 1.83. The molecular weight excluding hydrogens is 340 g/mol. The summed E-state index contributed by atoms with van der Waals surface area (Å²) in [6.45, 7) is 2.89. The van der Waals surface area contributed by atoms with Crippen LogP contribution in [0.15, 0.2) is 59.5 Å². The summed E-state index contributed by atoms with van der Waals surface area (Å²) < 4.78 is 32.1. The van der Waals surface area contributed by atoms with Crippen LogP contribution in [0.2, 0.25) is 0 Å². The van der Waals surface area contributed by atoms with Gasteiger partial charge in [-0.15, -0.1) is 0 Å². The van der Waals surface area contributed by atoms with Crippen molar-refractivity contribution in [2.45, 2.75) is 18.2 Å². The van der Waals surface area contributed by atoms with Crippen molar-refractivity contribution in [3.63, 3.8) is 0 Å². The minimum Gasteiger partial charge on any atom is -0.494 e. The minimum absolute atomic E-state index is 0.106. The molecule has 2 aromatic rings. The number of nitrogens with one attached hydrogen (secondary N) is 2. The Bertz CT molecular complexity index is 792. The number of amides is 1. The van der Waals surface area contributed by atoms with Gasteiger partial charge in [0.2, 0.25) is 10.0 Å². The van der Waals surface area contributed by atoms with Gasteiger partial charge < -0.3 is 10.1 Å². The fraction of sp³-hybridized carbons (Fsp3) is 0.278. The molecular formula is C18H22N2O4S. The van der Waals surface area contributed by atoms with Crippen LogP contribution >= 0.6 is 0 Å². The summed E-state index contributed by atoms with van der Waals surface area (Å²) in [4.78, 5) is 12.3. The van der Waals surface area contributed by atoms with Gasteiger partial charge in [0.1, 0.15) is 5.75 Å². The van der Waals surface area contributed by atoms with Crippen molar-refractivity contribution in [2.75, 3.05) is 19.7 Å². The smallest absolute Gasteiger partial charge is 0.251 e. The van der Waals surface area contributed by atoms with Crippen molar-refractivity contribution in [1.29, 1.82) is 0 Å². The van der Waals surface area contributed by atoms with E-state index in [-0.39, 0.29) is 23.9 Å². The maximum absolute atomic E-state index is 12.1. The molecule has 0 aliphatic carbocycles. The molecule has 0 aliphatic rings. The molecule has 0 unspecified atom stereocenters. The van der Waals surface area contributed by atoms with Gasteiger partial charge in [0.05, 0.1) is 11.5 Å². The summed E-state index contributed by atoms with van der Waals surface area (Å²) in [5.41, 5.74) is 0.472. The van der Waals surface area contributed by atoms with Gasteiger partial charge in [-0.05, 0) is 36.8 Å². The number of hydrogen-bond donors (Lipinski definition) is 2. The van der Waals surface area contributed by atoms with E-state index >= 15 is 0 Å². The zero-order chi connectivity index (χ0) is 18.1. The molecule has 7 heteroatoms. The number of hydrogen-bond acceptors (Lipinski definition) is 4. The van der Waals surface area contributed by atoms with E-state index in [0.717, 1.165) is 6.42 Å². The molecule has 0 aliphatic heterocycles. The second kappa shape index (κ2) is 9.19. The van der Waals surface area contributed by atoms with Gasteiger partial charge in [-0.1, -0.05) is 31.2 Å². The Morgan fingerprint density at radius 1 is 1.04 bits per heavy atom. The van der Waals surface area contributed by atoms with E-state index in [0.29, 0.717) is 17.9 Å². The minimum atomic E-state index is -3.56. The molecule has 0 aromatic heterocycles. The van der Waals surface area contributed by atoms with Crippen molar-refractivity contribution in [3.05, 3.63) is 60.2 Å². The van der Waals surface area contributed by atoms with Crippen LogP contribution in [-0.2, 0) is 10.0 Å². The number of benzene rings is 2. The first kappa shape index (κ1) is 19.0. The highest BCUT2D eigenvalue weighted by Crippen LogP contribution is 2.13. The lowest BCUT2D eigenvalue weighted by Crippen LogP contribution is -2.34. The van der Waals surface area contributed by atoms with Gasteiger partial charge in [-0.2, -0.15) is 0 Å². The highest BCUT2D eigenvalue weighted by molar-refractivity contribution is 7.89. The van der Waals surface area contributed by atoms with E-state index in [9.17, 15) is 13.2 Å². The van der Waals surface area contributed by atoms with Crippen LogP contribution in [0.5, 0.6) is 5.75 Å². The third-order valence-electron chi connectivity index (χ3n) is 3.33. The van der Waals surface area contributed by atoms with E-state index in [4.69, 9.17) is 4.74 Å². The fourth-order valence-corrected chi connectivity index (χ4v) is 3.15. The molecule has 2 aromatic carbocycles. The predicted molar refractivity (Wildman–Crippen MR) is 96.2 cm³/mol. The number of carbonyl (C=O) groups excluding carboxylic acids is 1. The van der Waals surface area contributed by atoms with Crippen molar-refractivity contribution >= 4 is 15.9 Å². The second-order valence-corrected chi connectivity index (χ2v) is 7.11. The van der Waals surface area contributed by atoms with E-state index in [1.165, 1.54) is 12.1 Å². The first-order chi connectivity index (χ1) is 12.0. The number of carbonyl (C=O) groups is 1. The van der Waals surface area contributed by atoms with Gasteiger partial charge in [-0.25, -0.2) is 13.1 Å². The Morgan fingerprint density at radius 3 is 2.52 bits per heavy atom. The third-order valence-corrected chi connectivity index (χ3v) is 4.80. The fourth-order valence-electron chi connectivity index (χ4n) is 2.09. The quantitative estimate of drug-likeness (QED) is 0.670. The topological polar surface area (TPSA) is 84.5 Å². The molecule has 25 heavy (non-hydrogen) atoms. The van der Waals surface area contributed by atoms with Crippen LogP contribution in [0.1, 0.15) is 23.7 Å². The molecule has 0 spiro atoms. The first-order valence-corrected chi connectivity index (χ1v) is 9.57. The van der Waals surface area contributed by atoms with Crippen molar-refractivity contribution in [3.8, 4) is 5.75 Å². The van der Waals surface area contributed by atoms with Crippen LogP contribution in [0.3, 0.4) is 0 Å². The number of rotatable bonds is 9. The molecule has 0 saturated carbocycles. The molecule has 0 fully saturated rings. The Kier molecular flexibility index (Phi) is 6.97. The maximum Gasteiger partial charge on any atom is 0.251 e. The van der Waals surface area contributed by atoms with Gasteiger partial charge in [-0.3, -0.25) is 4.79 Å². The van der Waals surface area contributed by atoms with Gasteiger partial charge in [0.25, 0.3) is 5.91 Å². The predicted octanol–water partition coefficient (Wildman–Crippen LogP) is 2.18. The van der Waals surface area contributed by atoms with E-state index in [1.807, 2.05) is 6.92 Å². The zero-order valence-corrected chi connectivity index (χ0v) is 14.9.